The Morgan fingerprint density at radius 1 is 1.39 bits per heavy atom. The predicted molar refractivity (Wildman–Crippen MR) is 69.9 cm³/mol. The predicted octanol–water partition coefficient (Wildman–Crippen LogP) is 2.93. The van der Waals surface area contributed by atoms with E-state index in [2.05, 4.69) is 12.2 Å². The van der Waals surface area contributed by atoms with Crippen molar-refractivity contribution in [1.82, 2.24) is 5.32 Å². The van der Waals surface area contributed by atoms with E-state index in [4.69, 9.17) is 0 Å². The van der Waals surface area contributed by atoms with Crippen molar-refractivity contribution in [3.8, 4) is 0 Å². The highest BCUT2D eigenvalue weighted by atomic mass is 19.1. The Kier molecular flexibility index (Phi) is 4.53. The lowest BCUT2D eigenvalue weighted by Crippen LogP contribution is -2.37. The lowest BCUT2D eigenvalue weighted by molar-refractivity contribution is 0.500. The molecule has 100 valence electrons. The van der Waals surface area contributed by atoms with Gasteiger partial charge in [0.15, 0.2) is 0 Å². The molecule has 1 fully saturated rings. The van der Waals surface area contributed by atoms with Crippen LogP contribution < -0.4 is 10.2 Å². The molecule has 1 N–H and O–H groups in total. The number of benzene rings is 1. The largest absolute Gasteiger partial charge is 0.368 e. The summed E-state index contributed by atoms with van der Waals surface area (Å²) in [5.41, 5.74) is 0.515. The second-order valence-corrected chi connectivity index (χ2v) is 4.84. The van der Waals surface area contributed by atoms with Crippen molar-refractivity contribution in [1.29, 1.82) is 0 Å². The minimum absolute atomic E-state index is 0.391. The molecule has 0 bridgehead atoms. The Labute approximate surface area is 107 Å². The number of halogens is 2. The Morgan fingerprint density at radius 2 is 2.22 bits per heavy atom. The van der Waals surface area contributed by atoms with Crippen LogP contribution in [0.3, 0.4) is 0 Å². The third-order valence-electron chi connectivity index (χ3n) is 3.37. The fraction of sp³-hybridized carbons (Fsp3) is 0.571. The Balaban J connectivity index is 2.14. The summed E-state index contributed by atoms with van der Waals surface area (Å²) in [5.74, 6) is -0.985. The molecule has 1 aromatic rings. The zero-order chi connectivity index (χ0) is 13.0. The van der Waals surface area contributed by atoms with Gasteiger partial charge in [-0.25, -0.2) is 8.78 Å². The van der Waals surface area contributed by atoms with Gasteiger partial charge in [0, 0.05) is 25.2 Å². The lowest BCUT2D eigenvalue weighted by Gasteiger charge is -2.26. The normalized spacial score (nSPS) is 20.8. The first-order valence-electron chi connectivity index (χ1n) is 6.64. The summed E-state index contributed by atoms with van der Waals surface area (Å²) in [6.07, 6.45) is 3.17. The summed E-state index contributed by atoms with van der Waals surface area (Å²) >= 11 is 0. The highest BCUT2D eigenvalue weighted by Gasteiger charge is 2.19. The average Bonchev–Trinajstić information content (AvgIpc) is 2.55. The van der Waals surface area contributed by atoms with Gasteiger partial charge >= 0.3 is 0 Å². The van der Waals surface area contributed by atoms with Gasteiger partial charge in [0.25, 0.3) is 0 Å². The van der Waals surface area contributed by atoms with E-state index in [0.29, 0.717) is 11.7 Å². The molecule has 2 rings (SSSR count). The van der Waals surface area contributed by atoms with Crippen LogP contribution >= 0.6 is 0 Å². The second kappa shape index (κ2) is 6.14. The summed E-state index contributed by atoms with van der Waals surface area (Å²) < 4.78 is 26.7. The first-order chi connectivity index (χ1) is 8.70. The van der Waals surface area contributed by atoms with Crippen molar-refractivity contribution in [3.05, 3.63) is 29.8 Å². The van der Waals surface area contributed by atoms with Crippen molar-refractivity contribution >= 4 is 5.69 Å². The highest BCUT2D eigenvalue weighted by Crippen LogP contribution is 2.22. The first-order valence-corrected chi connectivity index (χ1v) is 6.64. The number of nitrogens with zero attached hydrogens (tertiary/aromatic N) is 1. The van der Waals surface area contributed by atoms with Crippen LogP contribution in [0.5, 0.6) is 0 Å². The number of hydrogen-bond donors (Lipinski definition) is 1. The molecule has 0 saturated carbocycles. The number of hydrogen-bond acceptors (Lipinski definition) is 2. The minimum Gasteiger partial charge on any atom is -0.368 e. The molecule has 1 aliphatic rings. The van der Waals surface area contributed by atoms with Crippen molar-refractivity contribution < 1.29 is 8.78 Å². The molecule has 1 aromatic carbocycles. The fourth-order valence-corrected chi connectivity index (χ4v) is 2.50. The third kappa shape index (κ3) is 3.19. The van der Waals surface area contributed by atoms with Gasteiger partial charge in [0.2, 0.25) is 0 Å². The summed E-state index contributed by atoms with van der Waals surface area (Å²) in [6, 6.07) is 4.22. The summed E-state index contributed by atoms with van der Waals surface area (Å²) in [6.45, 7) is 4.71. The molecule has 0 spiro atoms. The molecule has 0 aliphatic carbocycles. The van der Waals surface area contributed by atoms with Crippen LogP contribution in [0.15, 0.2) is 18.2 Å². The van der Waals surface area contributed by atoms with E-state index in [1.54, 1.807) is 6.07 Å². The van der Waals surface area contributed by atoms with E-state index < -0.39 is 11.6 Å². The molecule has 0 aromatic heterocycles. The van der Waals surface area contributed by atoms with Gasteiger partial charge in [-0.05, 0) is 31.5 Å². The van der Waals surface area contributed by atoms with E-state index in [0.717, 1.165) is 45.0 Å². The third-order valence-corrected chi connectivity index (χ3v) is 3.37. The van der Waals surface area contributed by atoms with Crippen LogP contribution in [0.1, 0.15) is 26.2 Å². The number of nitrogens with one attached hydrogen (secondary N) is 1. The monoisotopic (exact) mass is 254 g/mol. The van der Waals surface area contributed by atoms with Crippen molar-refractivity contribution in [3.63, 3.8) is 0 Å². The molecule has 0 radical (unpaired) electrons. The quantitative estimate of drug-likeness (QED) is 0.892. The van der Waals surface area contributed by atoms with Crippen LogP contribution in [-0.4, -0.2) is 25.7 Å². The molecule has 1 atom stereocenters. The lowest BCUT2D eigenvalue weighted by atomic mass is 10.1. The Bertz CT molecular complexity index is 395. The van der Waals surface area contributed by atoms with E-state index in [1.807, 2.05) is 4.90 Å². The van der Waals surface area contributed by atoms with Gasteiger partial charge in [-0.15, -0.1) is 0 Å². The first kappa shape index (κ1) is 13.3. The van der Waals surface area contributed by atoms with Crippen LogP contribution in [0.4, 0.5) is 14.5 Å². The zero-order valence-electron chi connectivity index (χ0n) is 10.8. The molecule has 0 amide bonds. The van der Waals surface area contributed by atoms with Crippen molar-refractivity contribution in [2.75, 3.05) is 24.5 Å². The molecular weight excluding hydrogens is 234 g/mol. The number of rotatable bonds is 3. The molecule has 1 aliphatic heterocycles. The Hall–Kier alpha value is -1.16. The topological polar surface area (TPSA) is 15.3 Å². The van der Waals surface area contributed by atoms with E-state index in [1.165, 1.54) is 6.07 Å². The smallest absolute Gasteiger partial charge is 0.149 e. The van der Waals surface area contributed by atoms with Crippen LogP contribution in [-0.2, 0) is 0 Å². The maximum atomic E-state index is 13.8. The highest BCUT2D eigenvalue weighted by molar-refractivity contribution is 5.48. The van der Waals surface area contributed by atoms with Crippen LogP contribution in [0.25, 0.3) is 0 Å². The van der Waals surface area contributed by atoms with Gasteiger partial charge in [0.1, 0.15) is 11.6 Å². The van der Waals surface area contributed by atoms with Crippen molar-refractivity contribution in [2.24, 2.45) is 0 Å². The van der Waals surface area contributed by atoms with E-state index in [-0.39, 0.29) is 0 Å². The maximum Gasteiger partial charge on any atom is 0.149 e. The zero-order valence-corrected chi connectivity index (χ0v) is 10.8. The van der Waals surface area contributed by atoms with Crippen LogP contribution in [0.2, 0.25) is 0 Å². The van der Waals surface area contributed by atoms with Crippen molar-refractivity contribution in [2.45, 2.75) is 32.2 Å². The fourth-order valence-electron chi connectivity index (χ4n) is 2.50. The number of anilines is 1. The van der Waals surface area contributed by atoms with Gasteiger partial charge in [-0.2, -0.15) is 0 Å². The minimum atomic E-state index is -0.519. The molecule has 4 heteroatoms. The summed E-state index contributed by atoms with van der Waals surface area (Å²) in [4.78, 5) is 2.02. The van der Waals surface area contributed by atoms with Crippen LogP contribution in [0, 0.1) is 11.6 Å². The molecule has 2 nitrogen and oxygen atoms in total. The van der Waals surface area contributed by atoms with Gasteiger partial charge in [-0.3, -0.25) is 0 Å². The standard InChI is InChI=1S/C14H20F2N2/c1-2-4-12-10-18(8-3-7-17-12)14-6-5-11(15)9-13(14)16/h5-6,9,12,17H,2-4,7-8,10H2,1H3. The molecule has 1 saturated heterocycles. The average molecular weight is 254 g/mol. The molecule has 18 heavy (non-hydrogen) atoms. The maximum absolute atomic E-state index is 13.8. The molecule has 1 heterocycles. The van der Waals surface area contributed by atoms with E-state index in [9.17, 15) is 8.78 Å². The van der Waals surface area contributed by atoms with E-state index >= 15 is 0 Å². The van der Waals surface area contributed by atoms with Gasteiger partial charge in [-0.1, -0.05) is 13.3 Å². The Morgan fingerprint density at radius 3 is 2.94 bits per heavy atom. The molecular formula is C14H20F2N2. The SMILES string of the molecule is CCCC1CN(c2ccc(F)cc2F)CCCN1. The second-order valence-electron chi connectivity index (χ2n) is 4.84. The van der Waals surface area contributed by atoms with Gasteiger partial charge in [0.05, 0.1) is 5.69 Å². The molecule has 1 unspecified atom stereocenters. The summed E-state index contributed by atoms with van der Waals surface area (Å²) in [7, 11) is 0. The summed E-state index contributed by atoms with van der Waals surface area (Å²) in [5, 5.41) is 3.47. The van der Waals surface area contributed by atoms with Gasteiger partial charge < -0.3 is 10.2 Å².